The maximum atomic E-state index is 12.9. The van der Waals surface area contributed by atoms with Gasteiger partial charge in [0.2, 0.25) is 0 Å². The monoisotopic (exact) mass is 235 g/mol. The van der Waals surface area contributed by atoms with Gasteiger partial charge in [-0.2, -0.15) is 0 Å². The Hall–Kier alpha value is -0.930. The van der Waals surface area contributed by atoms with Gasteiger partial charge in [-0.1, -0.05) is 12.1 Å². The molecular weight excluding hydrogens is 217 g/mol. The molecule has 1 aromatic carbocycles. The second kappa shape index (κ2) is 4.39. The molecule has 0 bridgehead atoms. The molecule has 17 heavy (non-hydrogen) atoms. The van der Waals surface area contributed by atoms with Crippen LogP contribution in [0.4, 0.5) is 4.39 Å². The molecule has 3 heteroatoms. The molecule has 1 heterocycles. The van der Waals surface area contributed by atoms with Gasteiger partial charge in [-0.15, -0.1) is 0 Å². The normalized spacial score (nSPS) is 22.2. The van der Waals surface area contributed by atoms with E-state index in [0.717, 1.165) is 32.2 Å². The number of rotatable bonds is 5. The number of benzene rings is 1. The fourth-order valence-corrected chi connectivity index (χ4v) is 2.33. The zero-order chi connectivity index (χ0) is 11.7. The summed E-state index contributed by atoms with van der Waals surface area (Å²) in [6.07, 6.45) is 2.64. The highest BCUT2D eigenvalue weighted by Crippen LogP contribution is 2.32. The van der Waals surface area contributed by atoms with Gasteiger partial charge in [0.25, 0.3) is 0 Å². The van der Waals surface area contributed by atoms with Crippen LogP contribution in [-0.4, -0.2) is 26.3 Å². The molecular formula is C14H18FNO. The van der Waals surface area contributed by atoms with Gasteiger partial charge in [-0.25, -0.2) is 4.39 Å². The summed E-state index contributed by atoms with van der Waals surface area (Å²) < 4.78 is 18.7. The first-order chi connectivity index (χ1) is 8.28. The van der Waals surface area contributed by atoms with Gasteiger partial charge in [0.1, 0.15) is 5.82 Å². The molecule has 0 atom stereocenters. The molecule has 2 fully saturated rings. The number of halogens is 1. The van der Waals surface area contributed by atoms with Gasteiger partial charge in [-0.05, 0) is 36.5 Å². The second-order valence-corrected chi connectivity index (χ2v) is 5.35. The number of hydrogen-bond donors (Lipinski definition) is 1. The lowest BCUT2D eigenvalue weighted by atomic mass is 9.76. The highest BCUT2D eigenvalue weighted by atomic mass is 19.1. The molecule has 0 amide bonds. The van der Waals surface area contributed by atoms with E-state index in [1.54, 1.807) is 0 Å². The molecule has 0 unspecified atom stereocenters. The molecule has 0 radical (unpaired) electrons. The van der Waals surface area contributed by atoms with Crippen molar-refractivity contribution in [2.45, 2.75) is 18.3 Å². The molecule has 0 spiro atoms. The Bertz CT molecular complexity index is 382. The van der Waals surface area contributed by atoms with Crippen LogP contribution in [0.25, 0.3) is 0 Å². The molecule has 1 aliphatic heterocycles. The summed E-state index contributed by atoms with van der Waals surface area (Å²) in [6, 6.07) is 6.85. The van der Waals surface area contributed by atoms with Crippen LogP contribution in [-0.2, 0) is 10.2 Å². The largest absolute Gasteiger partial charge is 0.380 e. The van der Waals surface area contributed by atoms with Crippen LogP contribution in [0.3, 0.4) is 0 Å². The summed E-state index contributed by atoms with van der Waals surface area (Å²) in [7, 11) is 0. The third-order valence-electron chi connectivity index (χ3n) is 3.81. The average molecular weight is 235 g/mol. The minimum Gasteiger partial charge on any atom is -0.380 e. The van der Waals surface area contributed by atoms with E-state index in [1.807, 2.05) is 12.1 Å². The first kappa shape index (κ1) is 11.2. The van der Waals surface area contributed by atoms with Gasteiger partial charge < -0.3 is 10.1 Å². The minimum absolute atomic E-state index is 0.0720. The topological polar surface area (TPSA) is 21.3 Å². The third kappa shape index (κ3) is 2.35. The molecule has 3 rings (SSSR count). The quantitative estimate of drug-likeness (QED) is 0.844. The van der Waals surface area contributed by atoms with E-state index in [9.17, 15) is 4.39 Å². The number of hydrogen-bond acceptors (Lipinski definition) is 2. The van der Waals surface area contributed by atoms with Crippen LogP contribution in [0.2, 0.25) is 0 Å². The Morgan fingerprint density at radius 2 is 1.94 bits per heavy atom. The number of nitrogens with one attached hydrogen (secondary N) is 1. The molecule has 2 aliphatic rings. The summed E-state index contributed by atoms with van der Waals surface area (Å²) >= 11 is 0. The molecule has 1 aliphatic carbocycles. The Kier molecular flexibility index (Phi) is 2.89. The van der Waals surface area contributed by atoms with Crippen molar-refractivity contribution in [1.82, 2.24) is 5.32 Å². The minimum atomic E-state index is -0.171. The van der Waals surface area contributed by atoms with Crippen molar-refractivity contribution in [1.29, 1.82) is 0 Å². The van der Waals surface area contributed by atoms with Gasteiger partial charge in [-0.3, -0.25) is 0 Å². The van der Waals surface area contributed by atoms with E-state index >= 15 is 0 Å². The summed E-state index contributed by atoms with van der Waals surface area (Å²) in [4.78, 5) is 0. The van der Waals surface area contributed by atoms with Crippen molar-refractivity contribution in [2.24, 2.45) is 5.92 Å². The highest BCUT2D eigenvalue weighted by molar-refractivity contribution is 5.30. The van der Waals surface area contributed by atoms with E-state index in [4.69, 9.17) is 4.74 Å². The molecule has 1 saturated carbocycles. The van der Waals surface area contributed by atoms with Gasteiger partial charge >= 0.3 is 0 Å². The fraction of sp³-hybridized carbons (Fsp3) is 0.571. The predicted molar refractivity (Wildman–Crippen MR) is 64.5 cm³/mol. The van der Waals surface area contributed by atoms with Gasteiger partial charge in [0.05, 0.1) is 6.61 Å². The van der Waals surface area contributed by atoms with E-state index in [2.05, 4.69) is 5.32 Å². The van der Waals surface area contributed by atoms with Crippen LogP contribution in [0.1, 0.15) is 18.4 Å². The van der Waals surface area contributed by atoms with Gasteiger partial charge in [0.15, 0.2) is 0 Å². The molecule has 1 saturated heterocycles. The zero-order valence-electron chi connectivity index (χ0n) is 9.92. The van der Waals surface area contributed by atoms with Crippen LogP contribution >= 0.6 is 0 Å². The summed E-state index contributed by atoms with van der Waals surface area (Å²) in [5, 5.41) is 3.30. The fourth-order valence-electron chi connectivity index (χ4n) is 2.33. The van der Waals surface area contributed by atoms with Crippen LogP contribution in [0, 0.1) is 11.7 Å². The SMILES string of the molecule is Fc1ccc(C2(COCC3CC3)CNC2)cc1. The highest BCUT2D eigenvalue weighted by Gasteiger charge is 2.39. The Balaban J connectivity index is 1.65. The summed E-state index contributed by atoms with van der Waals surface area (Å²) in [5.74, 6) is 0.628. The van der Waals surface area contributed by atoms with Crippen molar-refractivity contribution >= 4 is 0 Å². The van der Waals surface area contributed by atoms with Crippen molar-refractivity contribution in [3.05, 3.63) is 35.6 Å². The maximum Gasteiger partial charge on any atom is 0.123 e. The van der Waals surface area contributed by atoms with Crippen molar-refractivity contribution in [3.8, 4) is 0 Å². The van der Waals surface area contributed by atoms with Crippen LogP contribution in [0.5, 0.6) is 0 Å². The van der Waals surface area contributed by atoms with Crippen LogP contribution in [0.15, 0.2) is 24.3 Å². The lowest BCUT2D eigenvalue weighted by Crippen LogP contribution is -2.59. The van der Waals surface area contributed by atoms with E-state index < -0.39 is 0 Å². The van der Waals surface area contributed by atoms with E-state index in [0.29, 0.717) is 0 Å². The Labute approximate surface area is 101 Å². The Morgan fingerprint density at radius 1 is 1.24 bits per heavy atom. The number of ether oxygens (including phenoxy) is 1. The Morgan fingerprint density at radius 3 is 2.47 bits per heavy atom. The molecule has 0 aromatic heterocycles. The lowest BCUT2D eigenvalue weighted by molar-refractivity contribution is 0.0514. The first-order valence-electron chi connectivity index (χ1n) is 6.33. The maximum absolute atomic E-state index is 12.9. The zero-order valence-corrected chi connectivity index (χ0v) is 9.92. The summed E-state index contributed by atoms with van der Waals surface area (Å²) in [5.41, 5.74) is 1.26. The van der Waals surface area contributed by atoms with Crippen LogP contribution < -0.4 is 5.32 Å². The molecule has 1 N–H and O–H groups in total. The average Bonchev–Trinajstić information content (AvgIpc) is 3.08. The van der Waals surface area contributed by atoms with Crippen molar-refractivity contribution < 1.29 is 9.13 Å². The summed E-state index contributed by atoms with van der Waals surface area (Å²) in [6.45, 7) is 3.51. The van der Waals surface area contributed by atoms with Crippen molar-refractivity contribution in [2.75, 3.05) is 26.3 Å². The predicted octanol–water partition coefficient (Wildman–Crippen LogP) is 2.09. The molecule has 92 valence electrons. The van der Waals surface area contributed by atoms with Crippen molar-refractivity contribution in [3.63, 3.8) is 0 Å². The smallest absolute Gasteiger partial charge is 0.123 e. The molecule has 1 aromatic rings. The lowest BCUT2D eigenvalue weighted by Gasteiger charge is -2.43. The first-order valence-corrected chi connectivity index (χ1v) is 6.33. The molecule has 2 nitrogen and oxygen atoms in total. The van der Waals surface area contributed by atoms with E-state index in [-0.39, 0.29) is 11.2 Å². The van der Waals surface area contributed by atoms with E-state index in [1.165, 1.54) is 30.5 Å². The van der Waals surface area contributed by atoms with Gasteiger partial charge in [0, 0.05) is 25.1 Å². The third-order valence-corrected chi connectivity index (χ3v) is 3.81. The second-order valence-electron chi connectivity index (χ2n) is 5.35. The standard InChI is InChI=1S/C14H18FNO/c15-13-5-3-12(4-6-13)14(8-16-9-14)10-17-7-11-1-2-11/h3-6,11,16H,1-2,7-10H2.